The van der Waals surface area contributed by atoms with Gasteiger partial charge in [0.1, 0.15) is 0 Å². The fourth-order valence-corrected chi connectivity index (χ4v) is 2.42. The number of carbonyl (C=O) groups is 1. The molecule has 0 N–H and O–H groups in total. The molecule has 0 aromatic heterocycles. The number of rotatable bonds is 9. The van der Waals surface area contributed by atoms with E-state index in [1.165, 1.54) is 0 Å². The Hall–Kier alpha value is -1.66. The van der Waals surface area contributed by atoms with E-state index in [-0.39, 0.29) is 6.42 Å². The Bertz CT molecular complexity index is 542. The molecule has 7 heteroatoms. The maximum Gasteiger partial charge on any atom is 0.311 e. The lowest BCUT2D eigenvalue weighted by molar-refractivity contribution is -0.135. The van der Waals surface area contributed by atoms with Gasteiger partial charge in [-0.3, -0.25) is 4.79 Å². The van der Waals surface area contributed by atoms with Gasteiger partial charge in [0, 0.05) is 6.42 Å². The van der Waals surface area contributed by atoms with Gasteiger partial charge < -0.3 is 4.74 Å². The summed E-state index contributed by atoms with van der Waals surface area (Å²) in [7, 11) is 0. The molecule has 0 heterocycles. The van der Waals surface area contributed by atoms with Crippen molar-refractivity contribution in [2.24, 2.45) is 5.92 Å². The molecule has 0 bridgehead atoms. The van der Waals surface area contributed by atoms with Gasteiger partial charge in [0.05, 0.1) is 0 Å². The Morgan fingerprint density at radius 1 is 0.833 bits per heavy atom. The third-order valence-electron chi connectivity index (χ3n) is 4.03. The quantitative estimate of drug-likeness (QED) is 0.143. The third kappa shape index (κ3) is 5.18. The van der Waals surface area contributed by atoms with Crippen LogP contribution in [-0.4, -0.2) is 5.97 Å². The van der Waals surface area contributed by atoms with Crippen LogP contribution in [0, 0.1) is 35.0 Å². The Balaban J connectivity index is 2.52. The summed E-state index contributed by atoms with van der Waals surface area (Å²) in [5.41, 5.74) is 0. The van der Waals surface area contributed by atoms with Crippen molar-refractivity contribution >= 4 is 5.97 Å². The average molecular weight is 352 g/mol. The summed E-state index contributed by atoms with van der Waals surface area (Å²) in [5, 5.41) is 0. The second-order valence-electron chi connectivity index (χ2n) is 5.65. The Labute approximate surface area is 138 Å². The first kappa shape index (κ1) is 20.4. The van der Waals surface area contributed by atoms with Crippen LogP contribution in [0.25, 0.3) is 0 Å². The Kier molecular flexibility index (Phi) is 8.15. The first-order valence-electron chi connectivity index (χ1n) is 8.05. The minimum atomic E-state index is -2.29. The van der Waals surface area contributed by atoms with Gasteiger partial charge in [-0.15, -0.1) is 0 Å². The highest BCUT2D eigenvalue weighted by molar-refractivity contribution is 5.72. The molecule has 0 saturated heterocycles. The van der Waals surface area contributed by atoms with Crippen molar-refractivity contribution < 1.29 is 31.5 Å². The molecule has 24 heavy (non-hydrogen) atoms. The van der Waals surface area contributed by atoms with E-state index in [9.17, 15) is 26.7 Å². The summed E-state index contributed by atoms with van der Waals surface area (Å²) < 4.78 is 69.9. The molecule has 0 radical (unpaired) electrons. The normalized spacial score (nSPS) is 11.2. The van der Waals surface area contributed by atoms with Crippen LogP contribution >= 0.6 is 0 Å². The fraction of sp³-hybridized carbons (Fsp3) is 0.588. The SMILES string of the molecule is CCC(CC)CCCCCC(=O)Oc1c(F)c(F)c(F)c(F)c1F. The summed E-state index contributed by atoms with van der Waals surface area (Å²) in [6.45, 7) is 4.21. The highest BCUT2D eigenvalue weighted by atomic mass is 19.2. The van der Waals surface area contributed by atoms with Crippen LogP contribution in [0.15, 0.2) is 0 Å². The van der Waals surface area contributed by atoms with Gasteiger partial charge in [0.25, 0.3) is 0 Å². The minimum Gasteiger partial charge on any atom is -0.420 e. The molecular weight excluding hydrogens is 331 g/mol. The standard InChI is InChI=1S/C17H21F5O2/c1-3-10(4-2)8-6-5-7-9-11(23)24-17-15(21)13(19)12(18)14(20)16(17)22/h10H,3-9H2,1-2H3. The minimum absolute atomic E-state index is 0.150. The van der Waals surface area contributed by atoms with Crippen LogP contribution in [0.3, 0.4) is 0 Å². The largest absolute Gasteiger partial charge is 0.420 e. The molecule has 136 valence electrons. The molecule has 2 nitrogen and oxygen atoms in total. The van der Waals surface area contributed by atoms with E-state index in [4.69, 9.17) is 0 Å². The fourth-order valence-electron chi connectivity index (χ4n) is 2.42. The number of benzene rings is 1. The van der Waals surface area contributed by atoms with E-state index in [2.05, 4.69) is 18.6 Å². The number of carbonyl (C=O) groups excluding carboxylic acids is 1. The molecular formula is C17H21F5O2. The van der Waals surface area contributed by atoms with Crippen LogP contribution in [0.2, 0.25) is 0 Å². The van der Waals surface area contributed by atoms with Gasteiger partial charge in [-0.2, -0.15) is 8.78 Å². The molecule has 0 atom stereocenters. The number of hydrogen-bond donors (Lipinski definition) is 0. The predicted molar refractivity (Wildman–Crippen MR) is 79.0 cm³/mol. The van der Waals surface area contributed by atoms with E-state index < -0.39 is 40.8 Å². The number of hydrogen-bond acceptors (Lipinski definition) is 2. The van der Waals surface area contributed by atoms with E-state index in [1.54, 1.807) is 0 Å². The van der Waals surface area contributed by atoms with Gasteiger partial charge >= 0.3 is 5.97 Å². The molecule has 1 aromatic carbocycles. The molecule has 0 aliphatic carbocycles. The predicted octanol–water partition coefficient (Wildman–Crippen LogP) is 5.67. The zero-order chi connectivity index (χ0) is 18.3. The van der Waals surface area contributed by atoms with Crippen molar-refractivity contribution in [3.8, 4) is 5.75 Å². The molecule has 0 aliphatic rings. The summed E-state index contributed by atoms with van der Waals surface area (Å²) in [5.74, 6) is -12.8. The number of unbranched alkanes of at least 4 members (excludes halogenated alkanes) is 2. The smallest absolute Gasteiger partial charge is 0.311 e. The zero-order valence-electron chi connectivity index (χ0n) is 13.7. The lowest BCUT2D eigenvalue weighted by Crippen LogP contribution is -2.13. The highest BCUT2D eigenvalue weighted by Crippen LogP contribution is 2.29. The van der Waals surface area contributed by atoms with Crippen molar-refractivity contribution in [2.75, 3.05) is 0 Å². The average Bonchev–Trinajstić information content (AvgIpc) is 2.58. The third-order valence-corrected chi connectivity index (χ3v) is 4.03. The molecule has 0 aliphatic heterocycles. The monoisotopic (exact) mass is 352 g/mol. The highest BCUT2D eigenvalue weighted by Gasteiger charge is 2.28. The Morgan fingerprint density at radius 2 is 1.33 bits per heavy atom. The first-order valence-corrected chi connectivity index (χ1v) is 8.05. The van der Waals surface area contributed by atoms with Crippen LogP contribution in [0.4, 0.5) is 22.0 Å². The van der Waals surface area contributed by atoms with Gasteiger partial charge in [0.15, 0.2) is 0 Å². The summed E-state index contributed by atoms with van der Waals surface area (Å²) in [6, 6.07) is 0. The van der Waals surface area contributed by atoms with Gasteiger partial charge in [-0.25, -0.2) is 13.2 Å². The molecule has 0 amide bonds. The van der Waals surface area contributed by atoms with Crippen molar-refractivity contribution in [2.45, 2.75) is 58.8 Å². The maximum absolute atomic E-state index is 13.4. The summed E-state index contributed by atoms with van der Waals surface area (Å²) in [6.07, 6.45) is 5.10. The number of halogens is 5. The molecule has 0 fully saturated rings. The molecule has 0 unspecified atom stereocenters. The van der Waals surface area contributed by atoms with E-state index >= 15 is 0 Å². The second-order valence-corrected chi connectivity index (χ2v) is 5.65. The topological polar surface area (TPSA) is 26.3 Å². The number of ether oxygens (including phenoxy) is 1. The molecule has 1 aromatic rings. The van der Waals surface area contributed by atoms with Crippen LogP contribution in [0.5, 0.6) is 5.75 Å². The number of esters is 1. The van der Waals surface area contributed by atoms with E-state index in [1.807, 2.05) is 0 Å². The van der Waals surface area contributed by atoms with Crippen LogP contribution < -0.4 is 4.74 Å². The van der Waals surface area contributed by atoms with E-state index in [0.717, 1.165) is 32.1 Å². The molecule has 0 spiro atoms. The van der Waals surface area contributed by atoms with Crippen LogP contribution in [-0.2, 0) is 4.79 Å². The van der Waals surface area contributed by atoms with Gasteiger partial charge in [-0.05, 0) is 12.3 Å². The van der Waals surface area contributed by atoms with Crippen molar-refractivity contribution in [3.63, 3.8) is 0 Å². The second kappa shape index (κ2) is 9.59. The Morgan fingerprint density at radius 3 is 1.83 bits per heavy atom. The lowest BCUT2D eigenvalue weighted by atomic mass is 9.96. The van der Waals surface area contributed by atoms with Gasteiger partial charge in [-0.1, -0.05) is 46.0 Å². The van der Waals surface area contributed by atoms with E-state index in [0.29, 0.717) is 12.3 Å². The first-order chi connectivity index (χ1) is 11.3. The lowest BCUT2D eigenvalue weighted by Gasteiger charge is -2.11. The van der Waals surface area contributed by atoms with Crippen LogP contribution in [0.1, 0.15) is 58.8 Å². The van der Waals surface area contributed by atoms with Gasteiger partial charge in [0.2, 0.25) is 34.8 Å². The summed E-state index contributed by atoms with van der Waals surface area (Å²) >= 11 is 0. The summed E-state index contributed by atoms with van der Waals surface area (Å²) in [4.78, 5) is 11.5. The molecule has 1 rings (SSSR count). The zero-order valence-corrected chi connectivity index (χ0v) is 13.7. The molecule has 0 saturated carbocycles. The van der Waals surface area contributed by atoms with Crippen molar-refractivity contribution in [1.29, 1.82) is 0 Å². The maximum atomic E-state index is 13.4. The van der Waals surface area contributed by atoms with Crippen molar-refractivity contribution in [1.82, 2.24) is 0 Å². The van der Waals surface area contributed by atoms with Crippen molar-refractivity contribution in [3.05, 3.63) is 29.1 Å².